The molecule has 20 heavy (non-hydrogen) atoms. The Morgan fingerprint density at radius 3 is 2.95 bits per heavy atom. The number of rotatable bonds is 4. The minimum atomic E-state index is -0.581. The van der Waals surface area contributed by atoms with Gasteiger partial charge in [-0.2, -0.15) is 0 Å². The van der Waals surface area contributed by atoms with Gasteiger partial charge in [0.15, 0.2) is 0 Å². The van der Waals surface area contributed by atoms with Crippen molar-refractivity contribution in [3.8, 4) is 0 Å². The van der Waals surface area contributed by atoms with Gasteiger partial charge in [0.25, 0.3) is 0 Å². The summed E-state index contributed by atoms with van der Waals surface area (Å²) in [5, 5.41) is 0. The molecule has 0 saturated carbocycles. The highest BCUT2D eigenvalue weighted by molar-refractivity contribution is 5.90. The molecule has 108 valence electrons. The third kappa shape index (κ3) is 2.74. The maximum atomic E-state index is 13.2. The van der Waals surface area contributed by atoms with Crippen LogP contribution in [-0.2, 0) is 14.3 Å². The first-order chi connectivity index (χ1) is 9.56. The Hall–Kier alpha value is -2.11. The van der Waals surface area contributed by atoms with Crippen LogP contribution in [0, 0.1) is 11.7 Å². The van der Waals surface area contributed by atoms with E-state index in [4.69, 9.17) is 9.47 Å². The number of benzene rings is 1. The normalized spacial score (nSPS) is 19.6. The van der Waals surface area contributed by atoms with Gasteiger partial charge in [-0.15, -0.1) is 0 Å². The fourth-order valence-electron chi connectivity index (χ4n) is 2.28. The van der Waals surface area contributed by atoms with Crippen LogP contribution >= 0.6 is 0 Å². The van der Waals surface area contributed by atoms with Gasteiger partial charge in [-0.25, -0.2) is 9.18 Å². The lowest BCUT2D eigenvalue weighted by atomic mass is 9.99. The third-order valence-corrected chi connectivity index (χ3v) is 3.35. The fraction of sp³-hybridized carbons (Fsp3) is 0.429. The van der Waals surface area contributed by atoms with E-state index in [0.717, 1.165) is 0 Å². The van der Waals surface area contributed by atoms with Crippen molar-refractivity contribution in [1.29, 1.82) is 0 Å². The molecule has 1 aliphatic rings. The molecule has 0 aliphatic carbocycles. The van der Waals surface area contributed by atoms with E-state index < -0.39 is 29.9 Å². The van der Waals surface area contributed by atoms with Crippen molar-refractivity contribution in [3.63, 3.8) is 0 Å². The Balaban J connectivity index is 2.16. The van der Waals surface area contributed by atoms with Crippen LogP contribution in [0.2, 0.25) is 0 Å². The van der Waals surface area contributed by atoms with Crippen LogP contribution in [0.3, 0.4) is 0 Å². The average Bonchev–Trinajstić information content (AvgIpc) is 2.81. The van der Waals surface area contributed by atoms with Crippen molar-refractivity contribution in [1.82, 2.24) is 0 Å². The fourth-order valence-corrected chi connectivity index (χ4v) is 2.28. The maximum Gasteiger partial charge on any atom is 0.414 e. The van der Waals surface area contributed by atoms with E-state index >= 15 is 0 Å². The molecule has 0 radical (unpaired) electrons. The molecule has 0 spiro atoms. The number of hydrogen-bond donors (Lipinski definition) is 0. The summed E-state index contributed by atoms with van der Waals surface area (Å²) >= 11 is 0. The number of hydrogen-bond acceptors (Lipinski definition) is 4. The Bertz CT molecular complexity index is 520. The van der Waals surface area contributed by atoms with E-state index in [1.165, 1.54) is 30.2 Å². The predicted octanol–water partition coefficient (Wildman–Crippen LogP) is 2.35. The van der Waals surface area contributed by atoms with Gasteiger partial charge in [-0.3, -0.25) is 9.69 Å². The Labute approximate surface area is 116 Å². The molecule has 5 nitrogen and oxygen atoms in total. The van der Waals surface area contributed by atoms with E-state index in [-0.39, 0.29) is 6.54 Å². The summed E-state index contributed by atoms with van der Waals surface area (Å²) in [4.78, 5) is 24.8. The number of anilines is 1. The summed E-state index contributed by atoms with van der Waals surface area (Å²) in [6.07, 6.45) is -0.659. The molecule has 2 rings (SSSR count). The van der Waals surface area contributed by atoms with Gasteiger partial charge < -0.3 is 9.47 Å². The lowest BCUT2D eigenvalue weighted by Gasteiger charge is -2.18. The monoisotopic (exact) mass is 281 g/mol. The van der Waals surface area contributed by atoms with E-state index in [2.05, 4.69) is 0 Å². The Morgan fingerprint density at radius 2 is 2.35 bits per heavy atom. The maximum absolute atomic E-state index is 13.2. The summed E-state index contributed by atoms with van der Waals surface area (Å²) in [6, 6.07) is 5.68. The van der Waals surface area contributed by atoms with Crippen LogP contribution in [0.4, 0.5) is 14.9 Å². The lowest BCUT2D eigenvalue weighted by molar-refractivity contribution is -0.148. The number of carbonyl (C=O) groups excluding carboxylic acids is 2. The zero-order valence-corrected chi connectivity index (χ0v) is 11.3. The first-order valence-electron chi connectivity index (χ1n) is 6.38. The summed E-state index contributed by atoms with van der Waals surface area (Å²) < 4.78 is 23.1. The number of esters is 1. The average molecular weight is 281 g/mol. The first kappa shape index (κ1) is 14.3. The summed E-state index contributed by atoms with van der Waals surface area (Å²) in [5.74, 6) is -1.35. The van der Waals surface area contributed by atoms with Crippen molar-refractivity contribution in [3.05, 3.63) is 30.1 Å². The van der Waals surface area contributed by atoms with Crippen LogP contribution in [0.1, 0.15) is 13.3 Å². The Kier molecular flexibility index (Phi) is 4.22. The smallest absolute Gasteiger partial charge is 0.414 e. The molecular weight excluding hydrogens is 265 g/mol. The molecule has 1 saturated heterocycles. The molecule has 1 fully saturated rings. The minimum absolute atomic E-state index is 0.204. The minimum Gasteiger partial charge on any atom is -0.469 e. The highest BCUT2D eigenvalue weighted by Crippen LogP contribution is 2.27. The number of nitrogens with zero attached hydrogens (tertiary/aromatic N) is 1. The SMILES string of the molecule is CCC(C(=O)OC)C1CN(c2cccc(F)c2)C(=O)O1. The highest BCUT2D eigenvalue weighted by Gasteiger charge is 2.40. The van der Waals surface area contributed by atoms with E-state index in [1.807, 2.05) is 6.92 Å². The van der Waals surface area contributed by atoms with Crippen LogP contribution in [-0.4, -0.2) is 31.8 Å². The molecule has 6 heteroatoms. The van der Waals surface area contributed by atoms with Crippen LogP contribution in [0.5, 0.6) is 0 Å². The van der Waals surface area contributed by atoms with Gasteiger partial charge in [0, 0.05) is 0 Å². The van der Waals surface area contributed by atoms with E-state index in [0.29, 0.717) is 12.1 Å². The second-order valence-corrected chi connectivity index (χ2v) is 4.55. The second kappa shape index (κ2) is 5.90. The summed E-state index contributed by atoms with van der Waals surface area (Å²) in [7, 11) is 1.30. The van der Waals surface area contributed by atoms with Crippen LogP contribution in [0.15, 0.2) is 24.3 Å². The number of amides is 1. The molecule has 0 aromatic heterocycles. The molecule has 1 amide bonds. The van der Waals surface area contributed by atoms with Gasteiger partial charge in [-0.05, 0) is 24.6 Å². The van der Waals surface area contributed by atoms with Crippen LogP contribution < -0.4 is 4.90 Å². The molecule has 2 atom stereocenters. The Morgan fingerprint density at radius 1 is 1.60 bits per heavy atom. The molecule has 1 aliphatic heterocycles. The lowest BCUT2D eigenvalue weighted by Crippen LogP contribution is -2.32. The van der Waals surface area contributed by atoms with E-state index in [1.54, 1.807) is 6.07 Å². The standard InChI is InChI=1S/C14H16FNO4/c1-3-11(13(17)19-2)12-8-16(14(18)20-12)10-6-4-5-9(15)7-10/h4-7,11-12H,3,8H2,1-2H3. The van der Waals surface area contributed by atoms with Gasteiger partial charge in [-0.1, -0.05) is 13.0 Å². The predicted molar refractivity (Wildman–Crippen MR) is 69.8 cm³/mol. The number of halogens is 1. The van der Waals surface area contributed by atoms with Crippen molar-refractivity contribution >= 4 is 17.7 Å². The van der Waals surface area contributed by atoms with Crippen molar-refractivity contribution in [2.24, 2.45) is 5.92 Å². The van der Waals surface area contributed by atoms with Crippen molar-refractivity contribution in [2.45, 2.75) is 19.4 Å². The van der Waals surface area contributed by atoms with Gasteiger partial charge in [0.05, 0.1) is 25.3 Å². The third-order valence-electron chi connectivity index (χ3n) is 3.35. The summed E-state index contributed by atoms with van der Waals surface area (Å²) in [5.41, 5.74) is 0.414. The van der Waals surface area contributed by atoms with Crippen molar-refractivity contribution in [2.75, 3.05) is 18.6 Å². The molecule has 0 bridgehead atoms. The highest BCUT2D eigenvalue weighted by atomic mass is 19.1. The van der Waals surface area contributed by atoms with Crippen molar-refractivity contribution < 1.29 is 23.5 Å². The number of methoxy groups -OCH3 is 1. The molecule has 1 aromatic rings. The largest absolute Gasteiger partial charge is 0.469 e. The van der Waals surface area contributed by atoms with E-state index in [9.17, 15) is 14.0 Å². The van der Waals surface area contributed by atoms with Gasteiger partial charge in [0.1, 0.15) is 11.9 Å². The number of carbonyl (C=O) groups is 2. The molecular formula is C14H16FNO4. The molecule has 1 heterocycles. The number of cyclic esters (lactones) is 1. The summed E-state index contributed by atoms with van der Waals surface area (Å²) in [6.45, 7) is 2.02. The topological polar surface area (TPSA) is 55.8 Å². The molecule has 0 N–H and O–H groups in total. The zero-order valence-electron chi connectivity index (χ0n) is 11.3. The molecule has 1 aromatic carbocycles. The molecule has 2 unspecified atom stereocenters. The number of ether oxygens (including phenoxy) is 2. The zero-order chi connectivity index (χ0) is 14.7. The van der Waals surface area contributed by atoms with Gasteiger partial charge >= 0.3 is 12.1 Å². The first-order valence-corrected chi connectivity index (χ1v) is 6.38. The second-order valence-electron chi connectivity index (χ2n) is 4.55. The van der Waals surface area contributed by atoms with Crippen LogP contribution in [0.25, 0.3) is 0 Å². The quantitative estimate of drug-likeness (QED) is 0.795. The van der Waals surface area contributed by atoms with Gasteiger partial charge in [0.2, 0.25) is 0 Å².